The molecular weight excluding hydrogens is 476 g/mol. The van der Waals surface area contributed by atoms with E-state index in [0.29, 0.717) is 19.4 Å². The van der Waals surface area contributed by atoms with Crippen LogP contribution in [-0.2, 0) is 25.6 Å². The zero-order chi connectivity index (χ0) is 27.2. The first kappa shape index (κ1) is 28.7. The molecule has 0 aromatic heterocycles. The Labute approximate surface area is 229 Å². The van der Waals surface area contributed by atoms with Crippen molar-refractivity contribution in [2.45, 2.75) is 83.0 Å². The van der Waals surface area contributed by atoms with Gasteiger partial charge in [0.2, 0.25) is 0 Å². The van der Waals surface area contributed by atoms with E-state index >= 15 is 0 Å². The number of rotatable bonds is 4. The number of methoxy groups -OCH3 is 1. The lowest BCUT2D eigenvalue weighted by molar-refractivity contribution is -0.173. The summed E-state index contributed by atoms with van der Waals surface area (Å²) in [6.45, 7) is 7.96. The minimum Gasteiger partial charge on any atom is -0.457 e. The van der Waals surface area contributed by atoms with Crippen LogP contribution in [0.25, 0.3) is 5.57 Å². The Morgan fingerprint density at radius 3 is 2.58 bits per heavy atom. The van der Waals surface area contributed by atoms with Crippen molar-refractivity contribution in [2.24, 2.45) is 5.92 Å². The molecule has 2 atom stereocenters. The van der Waals surface area contributed by atoms with Gasteiger partial charge < -0.3 is 14.4 Å². The van der Waals surface area contributed by atoms with E-state index < -0.39 is 11.5 Å². The molecule has 1 spiro atoms. The molecule has 6 heteroatoms. The summed E-state index contributed by atoms with van der Waals surface area (Å²) in [6, 6.07) is 8.85. The first-order valence-corrected chi connectivity index (χ1v) is 14.4. The van der Waals surface area contributed by atoms with Gasteiger partial charge in [-0.3, -0.25) is 14.5 Å². The molecule has 38 heavy (non-hydrogen) atoms. The summed E-state index contributed by atoms with van der Waals surface area (Å²) >= 11 is 0. The van der Waals surface area contributed by atoms with Crippen LogP contribution < -0.4 is 0 Å². The van der Waals surface area contributed by atoms with E-state index in [-0.39, 0.29) is 17.4 Å². The summed E-state index contributed by atoms with van der Waals surface area (Å²) in [6.07, 6.45) is 13.4. The third-order valence-electron chi connectivity index (χ3n) is 8.78. The summed E-state index contributed by atoms with van der Waals surface area (Å²) < 4.78 is 12.0. The van der Waals surface area contributed by atoms with Crippen LogP contribution >= 0.6 is 0 Å². The predicted octanol–water partition coefficient (Wildman–Crippen LogP) is 5.41. The number of hydrogen-bond acceptors (Lipinski definition) is 6. The monoisotopic (exact) mass is 522 g/mol. The standard InChI is InChI=1S/C32H46N2O4/c1-25-29(35)14-16-31(2,37-4)15-9-19-33(3)24-32(38-30(25)36)17-20-34(21-18-32)23-26-10-8-13-28(22-26)27-11-6-5-7-12-27/h6,8,10-13,22,25H,5,7,9,14-21,23-24H2,1-4H3/t25?,31-/m1/s1. The van der Waals surface area contributed by atoms with Crippen LogP contribution in [0.2, 0.25) is 0 Å². The van der Waals surface area contributed by atoms with Gasteiger partial charge in [-0.25, -0.2) is 0 Å². The summed E-state index contributed by atoms with van der Waals surface area (Å²) in [7, 11) is 3.83. The minimum absolute atomic E-state index is 0.0544. The van der Waals surface area contributed by atoms with E-state index in [1.165, 1.54) is 16.7 Å². The number of likely N-dealkylation sites (tertiary alicyclic amines) is 1. The number of nitrogens with zero attached hydrogens (tertiary/aromatic N) is 2. The van der Waals surface area contributed by atoms with Gasteiger partial charge in [0.15, 0.2) is 0 Å². The summed E-state index contributed by atoms with van der Waals surface area (Å²) in [5.41, 5.74) is 2.99. The van der Waals surface area contributed by atoms with Crippen LogP contribution in [0.3, 0.4) is 0 Å². The number of ketones is 1. The van der Waals surface area contributed by atoms with Gasteiger partial charge in [-0.1, -0.05) is 36.4 Å². The number of likely N-dealkylation sites (N-methyl/N-ethyl adjacent to an activating group) is 1. The second kappa shape index (κ2) is 12.7. The van der Waals surface area contributed by atoms with Gasteiger partial charge in [0.1, 0.15) is 17.3 Å². The van der Waals surface area contributed by atoms with E-state index in [9.17, 15) is 9.59 Å². The minimum atomic E-state index is -0.747. The van der Waals surface area contributed by atoms with Gasteiger partial charge in [0.25, 0.3) is 0 Å². The highest BCUT2D eigenvalue weighted by Crippen LogP contribution is 2.32. The number of benzene rings is 1. The summed E-state index contributed by atoms with van der Waals surface area (Å²) in [5.74, 6) is -1.18. The van der Waals surface area contributed by atoms with Crippen LogP contribution in [0.4, 0.5) is 0 Å². The molecule has 0 bridgehead atoms. The van der Waals surface area contributed by atoms with Crippen molar-refractivity contribution in [1.29, 1.82) is 0 Å². The van der Waals surface area contributed by atoms with Gasteiger partial charge in [-0.15, -0.1) is 0 Å². The van der Waals surface area contributed by atoms with Crippen molar-refractivity contribution in [3.8, 4) is 0 Å². The van der Waals surface area contributed by atoms with Crippen molar-refractivity contribution in [1.82, 2.24) is 9.80 Å². The first-order valence-electron chi connectivity index (χ1n) is 14.4. The zero-order valence-electron chi connectivity index (χ0n) is 23.8. The SMILES string of the molecule is CO[C@]1(C)CCCN(C)CC2(CCN(Cc3cccc(C4=CCCC=C4)c3)CC2)OC(=O)C(C)C(=O)CC1. The van der Waals surface area contributed by atoms with Crippen LogP contribution in [0.1, 0.15) is 76.3 Å². The Kier molecular flexibility index (Phi) is 9.61. The Morgan fingerprint density at radius 2 is 1.87 bits per heavy atom. The number of piperidine rings is 1. The molecule has 1 aliphatic carbocycles. The maximum Gasteiger partial charge on any atom is 0.316 e. The van der Waals surface area contributed by atoms with E-state index in [1.807, 2.05) is 0 Å². The largest absolute Gasteiger partial charge is 0.457 e. The number of esters is 1. The van der Waals surface area contributed by atoms with Crippen molar-refractivity contribution < 1.29 is 19.1 Å². The molecule has 2 heterocycles. The molecule has 4 rings (SSSR count). The fourth-order valence-electron chi connectivity index (χ4n) is 6.01. The number of Topliss-reactive ketones (excluding diaryl/α,β-unsaturated/α-hetero) is 1. The van der Waals surface area contributed by atoms with Crippen LogP contribution in [0.5, 0.6) is 0 Å². The van der Waals surface area contributed by atoms with Crippen LogP contribution in [0, 0.1) is 5.92 Å². The van der Waals surface area contributed by atoms with E-state index in [4.69, 9.17) is 9.47 Å². The molecule has 0 radical (unpaired) electrons. The molecule has 6 nitrogen and oxygen atoms in total. The normalized spacial score (nSPS) is 28.2. The molecule has 2 saturated heterocycles. The Balaban J connectivity index is 1.43. The molecule has 1 aromatic rings. The fourth-order valence-corrected chi connectivity index (χ4v) is 6.01. The molecule has 0 amide bonds. The van der Waals surface area contributed by atoms with Crippen molar-refractivity contribution in [3.63, 3.8) is 0 Å². The van der Waals surface area contributed by atoms with Gasteiger partial charge in [-0.2, -0.15) is 0 Å². The smallest absolute Gasteiger partial charge is 0.316 e. The maximum atomic E-state index is 13.2. The van der Waals surface area contributed by atoms with Gasteiger partial charge in [0.05, 0.1) is 5.60 Å². The molecule has 208 valence electrons. The molecule has 1 unspecified atom stereocenters. The lowest BCUT2D eigenvalue weighted by Crippen LogP contribution is -2.53. The van der Waals surface area contributed by atoms with E-state index in [2.05, 4.69) is 66.3 Å². The fraction of sp³-hybridized carbons (Fsp3) is 0.625. The number of allylic oxidation sites excluding steroid dienone is 4. The van der Waals surface area contributed by atoms with Crippen LogP contribution in [0.15, 0.2) is 42.5 Å². The number of carbonyl (C=O) groups is 2. The summed E-state index contributed by atoms with van der Waals surface area (Å²) in [5, 5.41) is 0. The highest BCUT2D eigenvalue weighted by Gasteiger charge is 2.41. The molecular formula is C32H46N2O4. The molecule has 2 fully saturated rings. The molecule has 1 aromatic carbocycles. The molecule has 2 aliphatic heterocycles. The predicted molar refractivity (Wildman–Crippen MR) is 152 cm³/mol. The molecule has 0 saturated carbocycles. The van der Waals surface area contributed by atoms with Crippen molar-refractivity contribution >= 4 is 17.3 Å². The van der Waals surface area contributed by atoms with E-state index in [0.717, 1.165) is 64.7 Å². The lowest BCUT2D eigenvalue weighted by atomic mass is 9.89. The molecule has 0 N–H and O–H groups in total. The third kappa shape index (κ3) is 7.43. The molecule has 3 aliphatic rings. The number of ether oxygens (including phenoxy) is 2. The lowest BCUT2D eigenvalue weighted by Gasteiger charge is -2.43. The average molecular weight is 523 g/mol. The second-order valence-electron chi connectivity index (χ2n) is 11.9. The van der Waals surface area contributed by atoms with Gasteiger partial charge in [-0.05, 0) is 82.3 Å². The van der Waals surface area contributed by atoms with Crippen molar-refractivity contribution in [3.05, 3.63) is 53.6 Å². The Hall–Kier alpha value is -2.28. The topological polar surface area (TPSA) is 59.1 Å². The highest BCUT2D eigenvalue weighted by atomic mass is 16.6. The number of hydrogen-bond donors (Lipinski definition) is 0. The average Bonchev–Trinajstić information content (AvgIpc) is 2.93. The number of carbonyl (C=O) groups excluding carboxylic acids is 2. The zero-order valence-corrected chi connectivity index (χ0v) is 23.8. The Bertz CT molecular complexity index is 1040. The van der Waals surface area contributed by atoms with Crippen LogP contribution in [-0.4, -0.2) is 73.1 Å². The van der Waals surface area contributed by atoms with Gasteiger partial charge in [0, 0.05) is 52.6 Å². The third-order valence-corrected chi connectivity index (χ3v) is 8.78. The van der Waals surface area contributed by atoms with Gasteiger partial charge >= 0.3 is 5.97 Å². The first-order chi connectivity index (χ1) is 18.2. The second-order valence-corrected chi connectivity index (χ2v) is 11.9. The maximum absolute atomic E-state index is 13.2. The van der Waals surface area contributed by atoms with E-state index in [1.54, 1.807) is 14.0 Å². The Morgan fingerprint density at radius 1 is 1.08 bits per heavy atom. The highest BCUT2D eigenvalue weighted by molar-refractivity contribution is 5.98. The quantitative estimate of drug-likeness (QED) is 0.389. The van der Waals surface area contributed by atoms with Crippen molar-refractivity contribution in [2.75, 3.05) is 40.3 Å². The summed E-state index contributed by atoms with van der Waals surface area (Å²) in [4.78, 5) is 30.8.